The molecule has 2 atom stereocenters. The molecule has 4 rings (SSSR count). The van der Waals surface area contributed by atoms with Crippen LogP contribution in [0.25, 0.3) is 0 Å². The van der Waals surface area contributed by atoms with E-state index in [9.17, 15) is 22.8 Å². The van der Waals surface area contributed by atoms with Gasteiger partial charge in [0.25, 0.3) is 15.9 Å². The van der Waals surface area contributed by atoms with E-state index in [0.717, 1.165) is 5.56 Å². The van der Waals surface area contributed by atoms with Crippen molar-refractivity contribution in [2.24, 2.45) is 0 Å². The summed E-state index contributed by atoms with van der Waals surface area (Å²) in [6, 6.07) is 21.1. The fourth-order valence-corrected chi connectivity index (χ4v) is 6.08. The average Bonchev–Trinajstić information content (AvgIpc) is 3.15. The van der Waals surface area contributed by atoms with Crippen molar-refractivity contribution in [3.8, 4) is 5.75 Å². The van der Waals surface area contributed by atoms with Gasteiger partial charge >= 0.3 is 0 Å². The molecule has 3 aromatic rings. The van der Waals surface area contributed by atoms with Crippen molar-refractivity contribution < 1.29 is 27.5 Å². The van der Waals surface area contributed by atoms with Crippen LogP contribution in [-0.4, -0.2) is 61.1 Å². The lowest BCUT2D eigenvalue weighted by Gasteiger charge is -2.33. The number of sulfonamides is 1. The Morgan fingerprint density at radius 2 is 1.65 bits per heavy atom. The smallest absolute Gasteiger partial charge is 0.269 e. The topological polar surface area (TPSA) is 113 Å². The number of methoxy groups -OCH3 is 1. The summed E-state index contributed by atoms with van der Waals surface area (Å²) >= 11 is 0. The molecule has 1 heterocycles. The second-order valence-electron chi connectivity index (χ2n) is 9.71. The molecule has 9 nitrogen and oxygen atoms in total. The second-order valence-corrected chi connectivity index (χ2v) is 11.5. The van der Waals surface area contributed by atoms with Crippen LogP contribution in [0.4, 0.5) is 0 Å². The third-order valence-corrected chi connectivity index (χ3v) is 8.74. The highest BCUT2D eigenvalue weighted by atomic mass is 32.2. The highest BCUT2D eigenvalue weighted by Gasteiger charge is 2.43. The number of amides is 3. The van der Waals surface area contributed by atoms with Gasteiger partial charge in [-0.15, -0.1) is 0 Å². The molecular formula is C30H33N3O6S. The summed E-state index contributed by atoms with van der Waals surface area (Å²) in [6.07, 6.45) is 0.881. The quantitative estimate of drug-likeness (QED) is 0.383. The first kappa shape index (κ1) is 28.8. The van der Waals surface area contributed by atoms with Gasteiger partial charge in [0.1, 0.15) is 23.2 Å². The Kier molecular flexibility index (Phi) is 8.89. The molecular weight excluding hydrogens is 530 g/mol. The minimum absolute atomic E-state index is 0.00349. The largest absolute Gasteiger partial charge is 0.497 e. The van der Waals surface area contributed by atoms with Crippen LogP contribution in [-0.2, 0) is 32.6 Å². The van der Waals surface area contributed by atoms with Crippen LogP contribution in [0.5, 0.6) is 5.75 Å². The number of nitrogens with one attached hydrogen (secondary N) is 1. The number of hydrogen-bond donors (Lipinski definition) is 1. The summed E-state index contributed by atoms with van der Waals surface area (Å²) in [6.45, 7) is 3.08. The second kappa shape index (κ2) is 12.3. The van der Waals surface area contributed by atoms with Gasteiger partial charge in [0, 0.05) is 19.0 Å². The molecule has 0 aliphatic carbocycles. The summed E-state index contributed by atoms with van der Waals surface area (Å²) in [5.41, 5.74) is 1.53. The van der Waals surface area contributed by atoms with Crippen LogP contribution < -0.4 is 10.1 Å². The van der Waals surface area contributed by atoms with E-state index in [0.29, 0.717) is 22.0 Å². The van der Waals surface area contributed by atoms with E-state index in [1.54, 1.807) is 30.3 Å². The number of rotatable bonds is 11. The normalized spacial score (nSPS) is 15.2. The number of hydrogen-bond acceptors (Lipinski definition) is 6. The van der Waals surface area contributed by atoms with Crippen molar-refractivity contribution in [1.82, 2.24) is 14.5 Å². The Hall–Kier alpha value is -4.18. The first-order chi connectivity index (χ1) is 19.1. The van der Waals surface area contributed by atoms with E-state index in [4.69, 9.17) is 4.74 Å². The third kappa shape index (κ3) is 6.17. The lowest BCUT2D eigenvalue weighted by molar-refractivity contribution is -0.141. The highest BCUT2D eigenvalue weighted by Crippen LogP contribution is 2.30. The van der Waals surface area contributed by atoms with Crippen LogP contribution in [0.1, 0.15) is 41.8 Å². The molecule has 1 aliphatic heterocycles. The maximum absolute atomic E-state index is 14.0. The Balaban J connectivity index is 1.73. The zero-order chi connectivity index (χ0) is 28.9. The zero-order valence-corrected chi connectivity index (χ0v) is 23.6. The van der Waals surface area contributed by atoms with Gasteiger partial charge in [-0.25, -0.2) is 12.7 Å². The lowest BCUT2D eigenvalue weighted by Crippen LogP contribution is -2.54. The summed E-state index contributed by atoms with van der Waals surface area (Å²) in [5, 5.41) is 2.97. The maximum Gasteiger partial charge on any atom is 0.269 e. The summed E-state index contributed by atoms with van der Waals surface area (Å²) < 4.78 is 32.3. The first-order valence-electron chi connectivity index (χ1n) is 13.1. The molecule has 10 heteroatoms. The number of fused-ring (bicyclic) bond motifs is 1. The van der Waals surface area contributed by atoms with Crippen molar-refractivity contribution >= 4 is 27.7 Å². The average molecular weight is 564 g/mol. The van der Waals surface area contributed by atoms with E-state index in [2.05, 4.69) is 5.32 Å². The standard InChI is InChI=1S/C30H33N3O6S/c1-4-21(2)31-29(35)26(18-22-11-6-5-7-12-22)32(19-23-13-10-14-24(17-23)39-3)28(34)20-33-30(36)25-15-8-9-16-27(25)40(33,37)38/h5-17,21,26H,4,18-20H2,1-3H3,(H,31,35)/t21-,26-/m1/s1. The van der Waals surface area contributed by atoms with Crippen LogP contribution in [0, 0.1) is 0 Å². The monoisotopic (exact) mass is 563 g/mol. The Labute approximate surface area is 234 Å². The van der Waals surface area contributed by atoms with Gasteiger partial charge in [0.05, 0.1) is 12.7 Å². The van der Waals surface area contributed by atoms with E-state index in [-0.39, 0.29) is 35.4 Å². The third-order valence-electron chi connectivity index (χ3n) is 6.95. The van der Waals surface area contributed by atoms with Gasteiger partial charge in [-0.05, 0) is 48.7 Å². The number of ether oxygens (including phenoxy) is 1. The SMILES string of the molecule is CC[C@@H](C)NC(=O)[C@@H](Cc1ccccc1)N(Cc1cccc(OC)c1)C(=O)CN1C(=O)c2ccccc2S1(=O)=O. The zero-order valence-electron chi connectivity index (χ0n) is 22.7. The molecule has 210 valence electrons. The Morgan fingerprint density at radius 3 is 2.33 bits per heavy atom. The predicted molar refractivity (Wildman–Crippen MR) is 150 cm³/mol. The van der Waals surface area contributed by atoms with Gasteiger partial charge in [0.15, 0.2) is 0 Å². The summed E-state index contributed by atoms with van der Waals surface area (Å²) in [5.74, 6) is -1.24. The number of carbonyl (C=O) groups is 3. The molecule has 0 radical (unpaired) electrons. The number of benzene rings is 3. The fraction of sp³-hybridized carbons (Fsp3) is 0.300. The Bertz CT molecular complexity index is 1490. The minimum Gasteiger partial charge on any atom is -0.497 e. The molecule has 1 N–H and O–H groups in total. The van der Waals surface area contributed by atoms with Gasteiger partial charge in [-0.3, -0.25) is 14.4 Å². The van der Waals surface area contributed by atoms with Crippen molar-refractivity contribution in [1.29, 1.82) is 0 Å². The number of nitrogens with zero attached hydrogens (tertiary/aromatic N) is 2. The van der Waals surface area contributed by atoms with Crippen molar-refractivity contribution in [2.45, 2.75) is 50.2 Å². The van der Waals surface area contributed by atoms with Crippen LogP contribution in [0.15, 0.2) is 83.8 Å². The number of carbonyl (C=O) groups excluding carboxylic acids is 3. The summed E-state index contributed by atoms with van der Waals surface area (Å²) in [7, 11) is -2.69. The lowest BCUT2D eigenvalue weighted by atomic mass is 10.0. The summed E-state index contributed by atoms with van der Waals surface area (Å²) in [4.78, 5) is 41.9. The molecule has 0 fully saturated rings. The predicted octanol–water partition coefficient (Wildman–Crippen LogP) is 3.39. The maximum atomic E-state index is 14.0. The minimum atomic E-state index is -4.22. The molecule has 0 saturated heterocycles. The van der Waals surface area contributed by atoms with E-state index in [1.807, 2.05) is 44.2 Å². The van der Waals surface area contributed by atoms with E-state index < -0.39 is 34.4 Å². The van der Waals surface area contributed by atoms with Crippen molar-refractivity contribution in [2.75, 3.05) is 13.7 Å². The highest BCUT2D eigenvalue weighted by molar-refractivity contribution is 7.90. The first-order valence-corrected chi connectivity index (χ1v) is 14.5. The molecule has 0 aromatic heterocycles. The van der Waals surface area contributed by atoms with Crippen LogP contribution >= 0.6 is 0 Å². The molecule has 0 spiro atoms. The van der Waals surface area contributed by atoms with E-state index in [1.165, 1.54) is 30.2 Å². The van der Waals surface area contributed by atoms with Gasteiger partial charge in [-0.2, -0.15) is 0 Å². The molecule has 1 aliphatic rings. The van der Waals surface area contributed by atoms with Crippen molar-refractivity contribution in [3.63, 3.8) is 0 Å². The molecule has 40 heavy (non-hydrogen) atoms. The van der Waals surface area contributed by atoms with Crippen molar-refractivity contribution in [3.05, 3.63) is 95.6 Å². The Morgan fingerprint density at radius 1 is 0.975 bits per heavy atom. The van der Waals surface area contributed by atoms with Gasteiger partial charge in [-0.1, -0.05) is 61.5 Å². The molecule has 0 bridgehead atoms. The molecule has 3 amide bonds. The molecule has 0 saturated carbocycles. The van der Waals surface area contributed by atoms with Crippen LogP contribution in [0.2, 0.25) is 0 Å². The van der Waals surface area contributed by atoms with E-state index >= 15 is 0 Å². The molecule has 3 aromatic carbocycles. The fourth-order valence-electron chi connectivity index (χ4n) is 4.56. The van der Waals surface area contributed by atoms with Gasteiger partial charge in [0.2, 0.25) is 11.8 Å². The molecule has 0 unspecified atom stereocenters. The van der Waals surface area contributed by atoms with Crippen LogP contribution in [0.3, 0.4) is 0 Å². The van der Waals surface area contributed by atoms with Gasteiger partial charge < -0.3 is 15.0 Å².